The molecule has 0 bridgehead atoms. The minimum Gasteiger partial charge on any atom is -0.372 e. The highest BCUT2D eigenvalue weighted by atomic mass is 15.1. The van der Waals surface area contributed by atoms with E-state index in [9.17, 15) is 0 Å². The zero-order valence-electron chi connectivity index (χ0n) is 10.9. The Hall–Kier alpha value is -1.50. The van der Waals surface area contributed by atoms with Gasteiger partial charge in [0, 0.05) is 18.8 Å². The summed E-state index contributed by atoms with van der Waals surface area (Å²) in [5, 5.41) is 0. The van der Waals surface area contributed by atoms with E-state index < -0.39 is 0 Å². The summed E-state index contributed by atoms with van der Waals surface area (Å²) >= 11 is 0. The highest BCUT2D eigenvalue weighted by Gasteiger charge is 2.11. The highest BCUT2D eigenvalue weighted by molar-refractivity contribution is 5.76. The van der Waals surface area contributed by atoms with E-state index in [2.05, 4.69) is 47.4 Å². The third-order valence-corrected chi connectivity index (χ3v) is 3.90. The highest BCUT2D eigenvalue weighted by Crippen LogP contribution is 2.26. The number of hydrogen-bond acceptors (Lipinski definition) is 1. The fourth-order valence-electron chi connectivity index (χ4n) is 2.86. The Labute approximate surface area is 110 Å². The van der Waals surface area contributed by atoms with Crippen molar-refractivity contribution in [3.05, 3.63) is 48.1 Å². The van der Waals surface area contributed by atoms with E-state index in [1.54, 1.807) is 0 Å². The SMILES string of the molecule is C1=CC(c2cccc(N3CCCCC3)c2)=CCC1. The Morgan fingerprint density at radius 3 is 2.61 bits per heavy atom. The second-order valence-corrected chi connectivity index (χ2v) is 5.24. The van der Waals surface area contributed by atoms with Crippen LogP contribution in [0.3, 0.4) is 0 Å². The van der Waals surface area contributed by atoms with Crippen LogP contribution in [0.25, 0.3) is 5.57 Å². The van der Waals surface area contributed by atoms with E-state index in [0.717, 1.165) is 0 Å². The first-order chi connectivity index (χ1) is 8.93. The predicted octanol–water partition coefficient (Wildman–Crippen LogP) is 4.41. The summed E-state index contributed by atoms with van der Waals surface area (Å²) in [5.74, 6) is 0. The van der Waals surface area contributed by atoms with Gasteiger partial charge in [-0.05, 0) is 55.4 Å². The summed E-state index contributed by atoms with van der Waals surface area (Å²) in [6, 6.07) is 9.03. The van der Waals surface area contributed by atoms with Crippen LogP contribution in [-0.2, 0) is 0 Å². The van der Waals surface area contributed by atoms with Crippen molar-refractivity contribution < 1.29 is 0 Å². The first-order valence-corrected chi connectivity index (χ1v) is 7.15. The molecule has 1 aromatic carbocycles. The summed E-state index contributed by atoms with van der Waals surface area (Å²) in [6.45, 7) is 2.44. The summed E-state index contributed by atoms with van der Waals surface area (Å²) in [6.07, 6.45) is 13.3. The second-order valence-electron chi connectivity index (χ2n) is 5.24. The van der Waals surface area contributed by atoms with Crippen LogP contribution in [0, 0.1) is 0 Å². The maximum atomic E-state index is 2.53. The maximum Gasteiger partial charge on any atom is 0.0372 e. The molecule has 0 N–H and O–H groups in total. The van der Waals surface area contributed by atoms with E-state index in [-0.39, 0.29) is 0 Å². The van der Waals surface area contributed by atoms with Gasteiger partial charge in [0.05, 0.1) is 0 Å². The van der Waals surface area contributed by atoms with Gasteiger partial charge in [0.15, 0.2) is 0 Å². The van der Waals surface area contributed by atoms with Gasteiger partial charge in [0.1, 0.15) is 0 Å². The fourth-order valence-corrected chi connectivity index (χ4v) is 2.86. The van der Waals surface area contributed by atoms with Gasteiger partial charge < -0.3 is 4.90 Å². The number of rotatable bonds is 2. The zero-order valence-corrected chi connectivity index (χ0v) is 10.9. The average Bonchev–Trinajstić information content (AvgIpc) is 2.49. The Bertz CT molecular complexity index is 464. The van der Waals surface area contributed by atoms with Crippen molar-refractivity contribution >= 4 is 11.3 Å². The molecule has 0 aromatic heterocycles. The number of nitrogens with zero attached hydrogens (tertiary/aromatic N) is 1. The molecule has 0 saturated carbocycles. The number of piperidine rings is 1. The number of hydrogen-bond donors (Lipinski definition) is 0. The summed E-state index contributed by atoms with van der Waals surface area (Å²) in [7, 11) is 0. The standard InChI is InChI=1S/C17H21N/c1-3-8-15(9-4-1)16-10-7-11-17(14-16)18-12-5-2-6-13-18/h3,7-11,14H,1-2,4-6,12-13H2. The quantitative estimate of drug-likeness (QED) is 0.739. The van der Waals surface area contributed by atoms with Gasteiger partial charge in [0.2, 0.25) is 0 Å². The second kappa shape index (κ2) is 5.43. The topological polar surface area (TPSA) is 3.24 Å². The van der Waals surface area contributed by atoms with Gasteiger partial charge in [-0.1, -0.05) is 30.4 Å². The molecule has 1 aliphatic carbocycles. The van der Waals surface area contributed by atoms with Crippen LogP contribution >= 0.6 is 0 Å². The molecule has 1 heteroatoms. The Morgan fingerprint density at radius 2 is 1.83 bits per heavy atom. The number of anilines is 1. The molecule has 0 atom stereocenters. The average molecular weight is 239 g/mol. The van der Waals surface area contributed by atoms with Crippen molar-refractivity contribution in [3.8, 4) is 0 Å². The smallest absolute Gasteiger partial charge is 0.0372 e. The van der Waals surface area contributed by atoms with Crippen LogP contribution in [0.15, 0.2) is 42.5 Å². The largest absolute Gasteiger partial charge is 0.372 e. The van der Waals surface area contributed by atoms with Gasteiger partial charge >= 0.3 is 0 Å². The van der Waals surface area contributed by atoms with E-state index in [0.29, 0.717) is 0 Å². The fraction of sp³-hybridized carbons (Fsp3) is 0.412. The van der Waals surface area contributed by atoms with Crippen molar-refractivity contribution in [2.24, 2.45) is 0 Å². The monoisotopic (exact) mass is 239 g/mol. The van der Waals surface area contributed by atoms with Crippen molar-refractivity contribution in [2.45, 2.75) is 32.1 Å². The minimum atomic E-state index is 1.18. The molecule has 1 aliphatic heterocycles. The van der Waals surface area contributed by atoms with E-state index >= 15 is 0 Å². The lowest BCUT2D eigenvalue weighted by molar-refractivity contribution is 0.578. The molecule has 94 valence electrons. The predicted molar refractivity (Wildman–Crippen MR) is 78.9 cm³/mol. The van der Waals surface area contributed by atoms with Crippen molar-refractivity contribution in [1.29, 1.82) is 0 Å². The van der Waals surface area contributed by atoms with Crippen molar-refractivity contribution in [1.82, 2.24) is 0 Å². The lowest BCUT2D eigenvalue weighted by atomic mass is 9.99. The lowest BCUT2D eigenvalue weighted by Gasteiger charge is -2.29. The van der Waals surface area contributed by atoms with Crippen LogP contribution in [0.5, 0.6) is 0 Å². The summed E-state index contributed by atoms with van der Waals surface area (Å²) < 4.78 is 0. The van der Waals surface area contributed by atoms with Crippen molar-refractivity contribution in [2.75, 3.05) is 18.0 Å². The molecule has 0 unspecified atom stereocenters. The maximum absolute atomic E-state index is 2.53. The molecule has 1 nitrogen and oxygen atoms in total. The first-order valence-electron chi connectivity index (χ1n) is 7.15. The van der Waals surface area contributed by atoms with Crippen LogP contribution in [-0.4, -0.2) is 13.1 Å². The van der Waals surface area contributed by atoms with Crippen LogP contribution in [0.4, 0.5) is 5.69 Å². The normalized spacial score (nSPS) is 19.8. The number of allylic oxidation sites excluding steroid dienone is 4. The molecular formula is C17H21N. The van der Waals surface area contributed by atoms with Gasteiger partial charge in [-0.2, -0.15) is 0 Å². The molecule has 0 spiro atoms. The van der Waals surface area contributed by atoms with Gasteiger partial charge in [-0.15, -0.1) is 0 Å². The zero-order chi connectivity index (χ0) is 12.2. The molecule has 0 radical (unpaired) electrons. The molecule has 18 heavy (non-hydrogen) atoms. The van der Waals surface area contributed by atoms with Gasteiger partial charge in [0.25, 0.3) is 0 Å². The molecule has 0 amide bonds. The lowest BCUT2D eigenvalue weighted by Crippen LogP contribution is -2.29. The molecule has 1 saturated heterocycles. The molecule has 1 heterocycles. The molecule has 1 aromatic rings. The Kier molecular flexibility index (Phi) is 3.49. The minimum absolute atomic E-state index is 1.18. The van der Waals surface area contributed by atoms with Crippen molar-refractivity contribution in [3.63, 3.8) is 0 Å². The van der Waals surface area contributed by atoms with E-state index in [1.165, 1.54) is 62.0 Å². The molecular weight excluding hydrogens is 218 g/mol. The molecule has 1 fully saturated rings. The van der Waals surface area contributed by atoms with E-state index in [4.69, 9.17) is 0 Å². The summed E-state index contributed by atoms with van der Waals surface area (Å²) in [4.78, 5) is 2.53. The summed E-state index contributed by atoms with van der Waals surface area (Å²) in [5.41, 5.74) is 4.15. The first kappa shape index (κ1) is 11.6. The number of benzene rings is 1. The van der Waals surface area contributed by atoms with Crippen LogP contribution in [0.1, 0.15) is 37.7 Å². The Morgan fingerprint density at radius 1 is 0.944 bits per heavy atom. The van der Waals surface area contributed by atoms with Crippen LogP contribution in [0.2, 0.25) is 0 Å². The van der Waals surface area contributed by atoms with Crippen LogP contribution < -0.4 is 4.90 Å². The third-order valence-electron chi connectivity index (χ3n) is 3.90. The molecule has 2 aliphatic rings. The van der Waals surface area contributed by atoms with E-state index in [1.807, 2.05) is 0 Å². The Balaban J connectivity index is 1.84. The molecule has 3 rings (SSSR count). The van der Waals surface area contributed by atoms with Gasteiger partial charge in [-0.3, -0.25) is 0 Å². The van der Waals surface area contributed by atoms with Gasteiger partial charge in [-0.25, -0.2) is 0 Å². The third kappa shape index (κ3) is 2.50.